The first-order valence-electron chi connectivity index (χ1n) is 6.00. The molecule has 0 fully saturated rings. The van der Waals surface area contributed by atoms with Crippen LogP contribution in [0, 0.1) is 10.1 Å². The highest BCUT2D eigenvalue weighted by atomic mass is 16.6. The van der Waals surface area contributed by atoms with Gasteiger partial charge < -0.3 is 10.2 Å². The van der Waals surface area contributed by atoms with Crippen molar-refractivity contribution in [1.29, 1.82) is 0 Å². The molecule has 1 heterocycles. The maximum Gasteiger partial charge on any atom is 0.329 e. The van der Waals surface area contributed by atoms with Crippen LogP contribution in [0.5, 0.6) is 0 Å². The topological polar surface area (TPSA) is 84.2 Å². The van der Waals surface area contributed by atoms with E-state index >= 15 is 0 Å². The molecule has 1 unspecified atom stereocenters. The summed E-state index contributed by atoms with van der Waals surface area (Å²) in [7, 11) is 1.69. The Morgan fingerprint density at radius 3 is 2.67 bits per heavy atom. The lowest BCUT2D eigenvalue weighted by molar-refractivity contribution is -0.384. The molecule has 0 radical (unpaired) electrons. The zero-order valence-corrected chi connectivity index (χ0v) is 11.2. The van der Waals surface area contributed by atoms with Gasteiger partial charge in [0.25, 0.3) is 0 Å². The van der Waals surface area contributed by atoms with Crippen LogP contribution in [0.15, 0.2) is 6.20 Å². The van der Waals surface area contributed by atoms with E-state index in [1.165, 1.54) is 6.20 Å². The van der Waals surface area contributed by atoms with Gasteiger partial charge in [0.1, 0.15) is 6.20 Å². The van der Waals surface area contributed by atoms with Gasteiger partial charge in [0.2, 0.25) is 11.8 Å². The molecule has 7 nitrogen and oxygen atoms in total. The molecule has 0 saturated heterocycles. The van der Waals surface area contributed by atoms with Crippen molar-refractivity contribution in [2.75, 3.05) is 23.8 Å². The van der Waals surface area contributed by atoms with Crippen molar-refractivity contribution in [3.63, 3.8) is 0 Å². The van der Waals surface area contributed by atoms with Gasteiger partial charge in [0.05, 0.1) is 4.92 Å². The molecule has 0 aliphatic rings. The summed E-state index contributed by atoms with van der Waals surface area (Å²) >= 11 is 0. The fourth-order valence-electron chi connectivity index (χ4n) is 1.72. The van der Waals surface area contributed by atoms with E-state index in [0.29, 0.717) is 18.3 Å². The highest BCUT2D eigenvalue weighted by molar-refractivity contribution is 5.59. The minimum Gasteiger partial charge on any atom is -0.357 e. The molecule has 0 amide bonds. The first-order valence-corrected chi connectivity index (χ1v) is 6.00. The molecule has 1 N–H and O–H groups in total. The van der Waals surface area contributed by atoms with Crippen LogP contribution in [0.4, 0.5) is 17.5 Å². The molecule has 1 atom stereocenters. The van der Waals surface area contributed by atoms with E-state index in [4.69, 9.17) is 0 Å². The maximum absolute atomic E-state index is 11.0. The van der Waals surface area contributed by atoms with Crippen LogP contribution in [0.3, 0.4) is 0 Å². The molecule has 0 aliphatic carbocycles. The highest BCUT2D eigenvalue weighted by Crippen LogP contribution is 2.27. The van der Waals surface area contributed by atoms with Gasteiger partial charge in [0, 0.05) is 19.6 Å². The maximum atomic E-state index is 11.0. The molecule has 0 spiro atoms. The largest absolute Gasteiger partial charge is 0.357 e. The normalized spacial score (nSPS) is 12.0. The van der Waals surface area contributed by atoms with Crippen molar-refractivity contribution in [2.45, 2.75) is 33.2 Å². The summed E-state index contributed by atoms with van der Waals surface area (Å²) in [6, 6.07) is 0.188. The molecule has 0 aliphatic heterocycles. The first-order chi connectivity index (χ1) is 8.54. The molecule has 7 heteroatoms. The number of aromatic nitrogens is 2. The Kier molecular flexibility index (Phi) is 4.82. The molecule has 0 saturated carbocycles. The number of nitro groups is 1. The van der Waals surface area contributed by atoms with Gasteiger partial charge in [-0.25, -0.2) is 4.98 Å². The van der Waals surface area contributed by atoms with Gasteiger partial charge >= 0.3 is 5.69 Å². The lowest BCUT2D eigenvalue weighted by Gasteiger charge is -2.27. The SMILES string of the molecule is CCC(C)N(CC)c1nc(NC)ncc1[N+](=O)[O-]. The van der Waals surface area contributed by atoms with Crippen molar-refractivity contribution in [1.82, 2.24) is 9.97 Å². The third-order valence-corrected chi connectivity index (χ3v) is 2.91. The fourth-order valence-corrected chi connectivity index (χ4v) is 1.72. The van der Waals surface area contributed by atoms with Crippen LogP contribution in [0.2, 0.25) is 0 Å². The van der Waals surface area contributed by atoms with Crippen LogP contribution in [-0.2, 0) is 0 Å². The van der Waals surface area contributed by atoms with Crippen LogP contribution >= 0.6 is 0 Å². The van der Waals surface area contributed by atoms with Crippen molar-refractivity contribution in [3.8, 4) is 0 Å². The summed E-state index contributed by atoms with van der Waals surface area (Å²) in [5.74, 6) is 0.758. The minimum atomic E-state index is -0.445. The van der Waals surface area contributed by atoms with Crippen molar-refractivity contribution in [2.24, 2.45) is 0 Å². The summed E-state index contributed by atoms with van der Waals surface area (Å²) in [6.45, 7) is 6.68. The predicted octanol–water partition coefficient (Wildman–Crippen LogP) is 2.05. The Morgan fingerprint density at radius 2 is 2.22 bits per heavy atom. The summed E-state index contributed by atoms with van der Waals surface area (Å²) in [5, 5.41) is 13.8. The minimum absolute atomic E-state index is 0.0591. The monoisotopic (exact) mass is 253 g/mol. The second kappa shape index (κ2) is 6.13. The molecular formula is C11H19N5O2. The summed E-state index contributed by atoms with van der Waals surface area (Å²) in [4.78, 5) is 20.6. The van der Waals surface area contributed by atoms with Gasteiger partial charge in [-0.2, -0.15) is 4.98 Å². The number of anilines is 2. The summed E-state index contributed by atoms with van der Waals surface area (Å²) in [6.07, 6.45) is 2.14. The average Bonchev–Trinajstić information content (AvgIpc) is 2.38. The van der Waals surface area contributed by atoms with Crippen molar-refractivity contribution < 1.29 is 4.92 Å². The molecule has 0 bridgehead atoms. The standard InChI is InChI=1S/C11H19N5O2/c1-5-8(3)15(6-2)10-9(16(17)18)7-13-11(12-4)14-10/h7-8H,5-6H2,1-4H3,(H,12,13,14). The van der Waals surface area contributed by atoms with E-state index in [-0.39, 0.29) is 11.7 Å². The molecular weight excluding hydrogens is 234 g/mol. The van der Waals surface area contributed by atoms with Gasteiger partial charge in [0.15, 0.2) is 0 Å². The van der Waals surface area contributed by atoms with Crippen molar-refractivity contribution >= 4 is 17.5 Å². The molecule has 1 aromatic rings. The van der Waals surface area contributed by atoms with Crippen LogP contribution < -0.4 is 10.2 Å². The van der Waals surface area contributed by atoms with E-state index in [0.717, 1.165) is 6.42 Å². The smallest absolute Gasteiger partial charge is 0.329 e. The van der Waals surface area contributed by atoms with E-state index in [1.54, 1.807) is 7.05 Å². The number of nitrogens with one attached hydrogen (secondary N) is 1. The second-order valence-electron chi connectivity index (χ2n) is 3.95. The predicted molar refractivity (Wildman–Crippen MR) is 71.0 cm³/mol. The van der Waals surface area contributed by atoms with Gasteiger partial charge in [-0.1, -0.05) is 6.92 Å². The first kappa shape index (κ1) is 14.1. The third-order valence-electron chi connectivity index (χ3n) is 2.91. The average molecular weight is 253 g/mol. The zero-order chi connectivity index (χ0) is 13.7. The van der Waals surface area contributed by atoms with E-state index in [2.05, 4.69) is 15.3 Å². The third kappa shape index (κ3) is 2.85. The molecule has 1 aromatic heterocycles. The fraction of sp³-hybridized carbons (Fsp3) is 0.636. The quantitative estimate of drug-likeness (QED) is 0.617. The number of hydrogen-bond donors (Lipinski definition) is 1. The van der Waals surface area contributed by atoms with Gasteiger partial charge in [-0.15, -0.1) is 0 Å². The van der Waals surface area contributed by atoms with Crippen LogP contribution in [0.25, 0.3) is 0 Å². The number of hydrogen-bond acceptors (Lipinski definition) is 6. The molecule has 0 aromatic carbocycles. The Bertz CT molecular complexity index is 424. The molecule has 1 rings (SSSR count). The van der Waals surface area contributed by atoms with Gasteiger partial charge in [-0.05, 0) is 20.3 Å². The Hall–Kier alpha value is -1.92. The molecule has 18 heavy (non-hydrogen) atoms. The van der Waals surface area contributed by atoms with Crippen LogP contribution in [-0.4, -0.2) is 34.5 Å². The summed E-state index contributed by atoms with van der Waals surface area (Å²) in [5.41, 5.74) is -0.0591. The highest BCUT2D eigenvalue weighted by Gasteiger charge is 2.24. The lowest BCUT2D eigenvalue weighted by Crippen LogP contribution is -2.33. The van der Waals surface area contributed by atoms with Crippen molar-refractivity contribution in [3.05, 3.63) is 16.3 Å². The van der Waals surface area contributed by atoms with Crippen LogP contribution in [0.1, 0.15) is 27.2 Å². The Balaban J connectivity index is 3.28. The lowest BCUT2D eigenvalue weighted by atomic mass is 10.2. The Morgan fingerprint density at radius 1 is 1.56 bits per heavy atom. The Labute approximate surface area is 106 Å². The zero-order valence-electron chi connectivity index (χ0n) is 11.2. The van der Waals surface area contributed by atoms with Gasteiger partial charge in [-0.3, -0.25) is 10.1 Å². The van der Waals surface area contributed by atoms with E-state index < -0.39 is 4.92 Å². The molecule has 100 valence electrons. The second-order valence-corrected chi connectivity index (χ2v) is 3.95. The summed E-state index contributed by atoms with van der Waals surface area (Å²) < 4.78 is 0. The number of nitrogens with zero attached hydrogens (tertiary/aromatic N) is 4. The van der Waals surface area contributed by atoms with E-state index in [1.807, 2.05) is 25.7 Å². The van der Waals surface area contributed by atoms with E-state index in [9.17, 15) is 10.1 Å². The number of rotatable bonds is 6.